The fraction of sp³-hybridized carbons (Fsp3) is 0.273. The van der Waals surface area contributed by atoms with E-state index in [1.54, 1.807) is 0 Å². The predicted octanol–water partition coefficient (Wildman–Crippen LogP) is 0.139. The number of amides is 2. The number of nitrogens with two attached hydrogens (primary N) is 1. The van der Waals surface area contributed by atoms with E-state index in [2.05, 4.69) is 5.32 Å². The van der Waals surface area contributed by atoms with E-state index in [0.29, 0.717) is 13.0 Å². The lowest BCUT2D eigenvalue weighted by Gasteiger charge is -2.03. The zero-order chi connectivity index (χ0) is 11.3. The normalized spacial score (nSPS) is 9.67. The Balaban J connectivity index is 2.35. The molecule has 0 spiro atoms. The van der Waals surface area contributed by atoms with E-state index in [1.165, 1.54) is 5.56 Å². The zero-order valence-electron chi connectivity index (χ0n) is 8.62. The lowest BCUT2D eigenvalue weighted by atomic mass is 10.1. The Morgan fingerprint density at radius 1 is 1.27 bits per heavy atom. The molecule has 0 aromatic heterocycles. The van der Waals surface area contributed by atoms with Crippen LogP contribution in [0.25, 0.3) is 0 Å². The predicted molar refractivity (Wildman–Crippen MR) is 57.1 cm³/mol. The second-order valence-corrected chi connectivity index (χ2v) is 3.36. The SMILES string of the molecule is Cc1ccc(CCNC(=O)C(N)=O)cc1. The third kappa shape index (κ3) is 3.81. The van der Waals surface area contributed by atoms with E-state index in [9.17, 15) is 9.59 Å². The number of hydrogen-bond donors (Lipinski definition) is 2. The Hall–Kier alpha value is -1.84. The number of carbonyl (C=O) groups excluding carboxylic acids is 2. The van der Waals surface area contributed by atoms with Gasteiger partial charge in [0, 0.05) is 6.54 Å². The molecule has 1 rings (SSSR count). The fourth-order valence-electron chi connectivity index (χ4n) is 1.16. The maximum absolute atomic E-state index is 10.8. The highest BCUT2D eigenvalue weighted by Crippen LogP contribution is 2.02. The molecule has 0 aliphatic heterocycles. The first-order valence-corrected chi connectivity index (χ1v) is 4.73. The van der Waals surface area contributed by atoms with Gasteiger partial charge >= 0.3 is 11.8 Å². The molecule has 0 aliphatic carbocycles. The molecule has 1 aromatic rings. The van der Waals surface area contributed by atoms with Gasteiger partial charge in [0.2, 0.25) is 0 Å². The summed E-state index contributed by atoms with van der Waals surface area (Å²) in [5.74, 6) is -1.68. The van der Waals surface area contributed by atoms with Gasteiger partial charge in [0.05, 0.1) is 0 Å². The van der Waals surface area contributed by atoms with Crippen molar-refractivity contribution in [3.8, 4) is 0 Å². The van der Waals surface area contributed by atoms with Gasteiger partial charge in [-0.1, -0.05) is 29.8 Å². The first-order chi connectivity index (χ1) is 7.09. The molecule has 0 saturated carbocycles. The van der Waals surface area contributed by atoms with Crippen LogP contribution in [0.5, 0.6) is 0 Å². The van der Waals surface area contributed by atoms with E-state index in [4.69, 9.17) is 5.73 Å². The van der Waals surface area contributed by atoms with E-state index in [1.807, 2.05) is 31.2 Å². The number of benzene rings is 1. The molecule has 0 fully saturated rings. The molecule has 0 radical (unpaired) electrons. The minimum absolute atomic E-state index is 0.421. The number of nitrogens with one attached hydrogen (secondary N) is 1. The lowest BCUT2D eigenvalue weighted by molar-refractivity contribution is -0.137. The number of rotatable bonds is 3. The molecule has 15 heavy (non-hydrogen) atoms. The van der Waals surface area contributed by atoms with Crippen molar-refractivity contribution in [2.75, 3.05) is 6.54 Å². The van der Waals surface area contributed by atoms with Gasteiger partial charge < -0.3 is 11.1 Å². The maximum atomic E-state index is 10.8. The van der Waals surface area contributed by atoms with Gasteiger partial charge in [-0.25, -0.2) is 0 Å². The van der Waals surface area contributed by atoms with Crippen LogP contribution in [0, 0.1) is 6.92 Å². The summed E-state index contributed by atoms with van der Waals surface area (Å²) < 4.78 is 0. The number of aryl methyl sites for hydroxylation is 1. The molecule has 0 heterocycles. The summed E-state index contributed by atoms with van der Waals surface area (Å²) in [5.41, 5.74) is 7.09. The molecule has 3 N–H and O–H groups in total. The summed E-state index contributed by atoms with van der Waals surface area (Å²) in [7, 11) is 0. The van der Waals surface area contributed by atoms with Gasteiger partial charge in [0.15, 0.2) is 0 Å². The Labute approximate surface area is 88.5 Å². The number of carbonyl (C=O) groups is 2. The van der Waals surface area contributed by atoms with Crippen molar-refractivity contribution in [1.29, 1.82) is 0 Å². The summed E-state index contributed by atoms with van der Waals surface area (Å²) >= 11 is 0. The first kappa shape index (κ1) is 11.2. The van der Waals surface area contributed by atoms with Gasteiger partial charge in [0.1, 0.15) is 0 Å². The Morgan fingerprint density at radius 3 is 2.40 bits per heavy atom. The molecular weight excluding hydrogens is 192 g/mol. The summed E-state index contributed by atoms with van der Waals surface area (Å²) in [6.07, 6.45) is 0.694. The first-order valence-electron chi connectivity index (χ1n) is 4.73. The number of primary amides is 1. The fourth-order valence-corrected chi connectivity index (χ4v) is 1.16. The second-order valence-electron chi connectivity index (χ2n) is 3.36. The molecule has 0 aliphatic rings. The quantitative estimate of drug-likeness (QED) is 0.690. The van der Waals surface area contributed by atoms with Gasteiger partial charge in [-0.15, -0.1) is 0 Å². The largest absolute Gasteiger partial charge is 0.361 e. The molecule has 4 nitrogen and oxygen atoms in total. The van der Waals surface area contributed by atoms with E-state index >= 15 is 0 Å². The molecular formula is C11H14N2O2. The molecule has 1 aromatic carbocycles. The van der Waals surface area contributed by atoms with Crippen molar-refractivity contribution in [2.24, 2.45) is 5.73 Å². The summed E-state index contributed by atoms with van der Waals surface area (Å²) in [5, 5.41) is 2.43. The van der Waals surface area contributed by atoms with Crippen LogP contribution >= 0.6 is 0 Å². The van der Waals surface area contributed by atoms with Crippen LogP contribution in [0.1, 0.15) is 11.1 Å². The standard InChI is InChI=1S/C11H14N2O2/c1-8-2-4-9(5-3-8)6-7-13-11(15)10(12)14/h2-5H,6-7H2,1H3,(H2,12,14)(H,13,15). The van der Waals surface area contributed by atoms with Crippen LogP contribution in [0.3, 0.4) is 0 Å². The highest BCUT2D eigenvalue weighted by atomic mass is 16.2. The highest BCUT2D eigenvalue weighted by molar-refractivity contribution is 6.34. The van der Waals surface area contributed by atoms with E-state index in [-0.39, 0.29) is 0 Å². The average Bonchev–Trinajstić information content (AvgIpc) is 2.20. The van der Waals surface area contributed by atoms with Crippen LogP contribution in [-0.4, -0.2) is 18.4 Å². The third-order valence-corrected chi connectivity index (χ3v) is 2.04. The van der Waals surface area contributed by atoms with Crippen LogP contribution in [0.15, 0.2) is 24.3 Å². The van der Waals surface area contributed by atoms with Crippen LogP contribution in [0.4, 0.5) is 0 Å². The van der Waals surface area contributed by atoms with Crippen molar-refractivity contribution >= 4 is 11.8 Å². The van der Waals surface area contributed by atoms with Crippen molar-refractivity contribution in [3.63, 3.8) is 0 Å². The van der Waals surface area contributed by atoms with Crippen molar-refractivity contribution < 1.29 is 9.59 Å². The molecule has 0 atom stereocenters. The van der Waals surface area contributed by atoms with Gasteiger partial charge in [-0.2, -0.15) is 0 Å². The van der Waals surface area contributed by atoms with Gasteiger partial charge in [-0.3, -0.25) is 9.59 Å². The van der Waals surface area contributed by atoms with Crippen LogP contribution in [0.2, 0.25) is 0 Å². The highest BCUT2D eigenvalue weighted by Gasteiger charge is 2.06. The third-order valence-electron chi connectivity index (χ3n) is 2.04. The maximum Gasteiger partial charge on any atom is 0.309 e. The smallest absolute Gasteiger partial charge is 0.309 e. The minimum atomic E-state index is -0.945. The summed E-state index contributed by atoms with van der Waals surface area (Å²) in [6, 6.07) is 7.99. The molecule has 2 amide bonds. The van der Waals surface area contributed by atoms with Gasteiger partial charge in [-0.05, 0) is 18.9 Å². The number of hydrogen-bond acceptors (Lipinski definition) is 2. The van der Waals surface area contributed by atoms with Crippen molar-refractivity contribution in [2.45, 2.75) is 13.3 Å². The Bertz CT molecular complexity index is 357. The average molecular weight is 206 g/mol. The monoisotopic (exact) mass is 206 g/mol. The van der Waals surface area contributed by atoms with Gasteiger partial charge in [0.25, 0.3) is 0 Å². The van der Waals surface area contributed by atoms with Crippen molar-refractivity contribution in [1.82, 2.24) is 5.32 Å². The minimum Gasteiger partial charge on any atom is -0.361 e. The Morgan fingerprint density at radius 2 is 1.87 bits per heavy atom. The zero-order valence-corrected chi connectivity index (χ0v) is 8.62. The van der Waals surface area contributed by atoms with E-state index in [0.717, 1.165) is 5.56 Å². The van der Waals surface area contributed by atoms with Crippen LogP contribution in [-0.2, 0) is 16.0 Å². The summed E-state index contributed by atoms with van der Waals surface area (Å²) in [4.78, 5) is 21.2. The van der Waals surface area contributed by atoms with E-state index < -0.39 is 11.8 Å². The van der Waals surface area contributed by atoms with Crippen LogP contribution < -0.4 is 11.1 Å². The van der Waals surface area contributed by atoms with Crippen molar-refractivity contribution in [3.05, 3.63) is 35.4 Å². The topological polar surface area (TPSA) is 72.2 Å². The molecule has 0 bridgehead atoms. The second kappa shape index (κ2) is 5.14. The molecule has 0 saturated heterocycles. The molecule has 4 heteroatoms. The molecule has 0 unspecified atom stereocenters. The Kier molecular flexibility index (Phi) is 3.85. The molecule has 80 valence electrons. The summed E-state index contributed by atoms with van der Waals surface area (Å²) in [6.45, 7) is 2.43. The lowest BCUT2D eigenvalue weighted by Crippen LogP contribution is -2.37.